The highest BCUT2D eigenvalue weighted by Crippen LogP contribution is 2.26. The van der Waals surface area contributed by atoms with E-state index in [1.54, 1.807) is 34.0 Å². The first-order valence-corrected chi connectivity index (χ1v) is 7.74. The topological polar surface area (TPSA) is 94.5 Å². The quantitative estimate of drug-likeness (QED) is 0.430. The summed E-state index contributed by atoms with van der Waals surface area (Å²) >= 11 is 3.24. The standard InChI is InChI=1S/C11H13N7S2/c1-6-4-19-11(14-6)20-5-8-15-9(17-12)7-3-13-18(2)10(7)16-8/h3-4H,5,12H2,1-2H3,(H,15,16,17). The van der Waals surface area contributed by atoms with E-state index in [2.05, 4.69) is 25.5 Å². The van der Waals surface area contributed by atoms with E-state index in [0.29, 0.717) is 17.4 Å². The maximum Gasteiger partial charge on any atom is 0.163 e. The molecule has 0 atom stereocenters. The Morgan fingerprint density at radius 3 is 2.95 bits per heavy atom. The van der Waals surface area contributed by atoms with Crippen molar-refractivity contribution in [2.75, 3.05) is 5.43 Å². The first-order chi connectivity index (χ1) is 9.67. The molecule has 0 aliphatic rings. The molecule has 0 spiro atoms. The van der Waals surface area contributed by atoms with E-state index in [9.17, 15) is 0 Å². The average molecular weight is 307 g/mol. The summed E-state index contributed by atoms with van der Waals surface area (Å²) in [6.45, 7) is 1.98. The van der Waals surface area contributed by atoms with Crippen LogP contribution in [0.4, 0.5) is 5.82 Å². The van der Waals surface area contributed by atoms with Gasteiger partial charge in [0.25, 0.3) is 0 Å². The van der Waals surface area contributed by atoms with Crippen LogP contribution in [0.2, 0.25) is 0 Å². The fourth-order valence-electron chi connectivity index (χ4n) is 1.77. The van der Waals surface area contributed by atoms with Crippen LogP contribution in [-0.4, -0.2) is 24.7 Å². The fourth-order valence-corrected chi connectivity index (χ4v) is 3.47. The number of hydrogen-bond acceptors (Lipinski definition) is 8. The van der Waals surface area contributed by atoms with Crippen molar-refractivity contribution in [3.8, 4) is 0 Å². The number of thioether (sulfide) groups is 1. The molecule has 3 heterocycles. The molecule has 9 heteroatoms. The lowest BCUT2D eigenvalue weighted by Crippen LogP contribution is -2.11. The van der Waals surface area contributed by atoms with Gasteiger partial charge in [0.2, 0.25) is 0 Å². The van der Waals surface area contributed by atoms with Gasteiger partial charge >= 0.3 is 0 Å². The van der Waals surface area contributed by atoms with Crippen LogP contribution < -0.4 is 11.3 Å². The van der Waals surface area contributed by atoms with Crippen LogP contribution in [0, 0.1) is 6.92 Å². The average Bonchev–Trinajstić information content (AvgIpc) is 3.03. The van der Waals surface area contributed by atoms with Crippen molar-refractivity contribution in [1.82, 2.24) is 24.7 Å². The van der Waals surface area contributed by atoms with Crippen LogP contribution in [0.1, 0.15) is 11.5 Å². The number of aryl methyl sites for hydroxylation is 2. The minimum Gasteiger partial charge on any atom is -0.308 e. The fraction of sp³-hybridized carbons (Fsp3) is 0.273. The summed E-state index contributed by atoms with van der Waals surface area (Å²) in [5, 5.41) is 7.01. The molecule has 0 radical (unpaired) electrons. The van der Waals surface area contributed by atoms with Gasteiger partial charge in [-0.05, 0) is 6.92 Å². The SMILES string of the molecule is Cc1csc(SCc2nc(NN)c3cnn(C)c3n2)n1. The lowest BCUT2D eigenvalue weighted by molar-refractivity contribution is 0.782. The molecule has 0 aliphatic heterocycles. The van der Waals surface area contributed by atoms with Crippen LogP contribution in [0.3, 0.4) is 0 Å². The summed E-state index contributed by atoms with van der Waals surface area (Å²) in [5.41, 5.74) is 4.39. The number of hydrazine groups is 1. The molecule has 0 aliphatic carbocycles. The summed E-state index contributed by atoms with van der Waals surface area (Å²) in [7, 11) is 1.84. The van der Waals surface area contributed by atoms with Crippen molar-refractivity contribution in [1.29, 1.82) is 0 Å². The normalized spacial score (nSPS) is 11.2. The van der Waals surface area contributed by atoms with Gasteiger partial charge in [-0.3, -0.25) is 4.68 Å². The van der Waals surface area contributed by atoms with E-state index in [0.717, 1.165) is 21.1 Å². The van der Waals surface area contributed by atoms with Gasteiger partial charge in [-0.2, -0.15) is 5.10 Å². The molecule has 3 aromatic heterocycles. The molecule has 7 nitrogen and oxygen atoms in total. The molecule has 20 heavy (non-hydrogen) atoms. The van der Waals surface area contributed by atoms with Gasteiger partial charge in [0.15, 0.2) is 15.8 Å². The zero-order valence-corrected chi connectivity index (χ0v) is 12.6. The van der Waals surface area contributed by atoms with Gasteiger partial charge in [-0.25, -0.2) is 20.8 Å². The predicted molar refractivity (Wildman–Crippen MR) is 80.5 cm³/mol. The van der Waals surface area contributed by atoms with E-state index < -0.39 is 0 Å². The molecule has 104 valence electrons. The number of rotatable bonds is 4. The van der Waals surface area contributed by atoms with Crippen molar-refractivity contribution < 1.29 is 0 Å². The Labute approximate surface area is 123 Å². The molecule has 0 bridgehead atoms. The van der Waals surface area contributed by atoms with E-state index >= 15 is 0 Å². The Bertz CT molecular complexity index is 748. The second-order valence-electron chi connectivity index (χ2n) is 4.18. The highest BCUT2D eigenvalue weighted by molar-refractivity contribution is 8.00. The third-order valence-corrected chi connectivity index (χ3v) is 4.83. The molecule has 0 unspecified atom stereocenters. The number of hydrogen-bond donors (Lipinski definition) is 2. The number of fused-ring (bicyclic) bond motifs is 1. The lowest BCUT2D eigenvalue weighted by Gasteiger charge is -2.04. The van der Waals surface area contributed by atoms with Gasteiger partial charge in [0.1, 0.15) is 5.82 Å². The molecule has 0 fully saturated rings. The van der Waals surface area contributed by atoms with Crippen LogP contribution in [0.15, 0.2) is 15.9 Å². The number of anilines is 1. The van der Waals surface area contributed by atoms with Gasteiger partial charge in [-0.15, -0.1) is 11.3 Å². The molecular weight excluding hydrogens is 294 g/mol. The van der Waals surface area contributed by atoms with Crippen LogP contribution >= 0.6 is 23.1 Å². The molecule has 0 aromatic carbocycles. The first kappa shape index (κ1) is 13.3. The molecule has 3 rings (SSSR count). The van der Waals surface area contributed by atoms with Crippen LogP contribution in [-0.2, 0) is 12.8 Å². The van der Waals surface area contributed by atoms with E-state index in [1.807, 2.05) is 19.4 Å². The molecule has 0 saturated carbocycles. The number of nitrogen functional groups attached to an aromatic ring is 1. The second-order valence-corrected chi connectivity index (χ2v) is 6.26. The number of aromatic nitrogens is 5. The third kappa shape index (κ3) is 2.47. The van der Waals surface area contributed by atoms with Crippen molar-refractivity contribution in [3.63, 3.8) is 0 Å². The van der Waals surface area contributed by atoms with Gasteiger partial charge < -0.3 is 5.43 Å². The summed E-state index contributed by atoms with van der Waals surface area (Å²) in [6.07, 6.45) is 1.70. The van der Waals surface area contributed by atoms with Crippen LogP contribution in [0.25, 0.3) is 11.0 Å². The largest absolute Gasteiger partial charge is 0.308 e. The summed E-state index contributed by atoms with van der Waals surface area (Å²) in [5.74, 6) is 7.44. The number of nitrogens with two attached hydrogens (primary N) is 1. The van der Waals surface area contributed by atoms with Gasteiger partial charge in [0, 0.05) is 18.1 Å². The third-order valence-electron chi connectivity index (χ3n) is 2.70. The molecular formula is C11H13N7S2. The Morgan fingerprint density at radius 1 is 1.40 bits per heavy atom. The first-order valence-electron chi connectivity index (χ1n) is 5.87. The smallest absolute Gasteiger partial charge is 0.163 e. The Kier molecular flexibility index (Phi) is 3.55. The summed E-state index contributed by atoms with van der Waals surface area (Å²) in [6, 6.07) is 0. The molecule has 3 N–H and O–H groups in total. The molecule has 3 aromatic rings. The highest BCUT2D eigenvalue weighted by Gasteiger charge is 2.11. The Balaban J connectivity index is 1.89. The molecule has 0 saturated heterocycles. The van der Waals surface area contributed by atoms with Gasteiger partial charge in [0.05, 0.1) is 17.3 Å². The maximum atomic E-state index is 5.51. The lowest BCUT2D eigenvalue weighted by atomic mass is 10.4. The number of thiazole rings is 1. The zero-order valence-electron chi connectivity index (χ0n) is 11.0. The van der Waals surface area contributed by atoms with Crippen molar-refractivity contribution >= 4 is 39.9 Å². The number of nitrogens with zero attached hydrogens (tertiary/aromatic N) is 5. The summed E-state index contributed by atoms with van der Waals surface area (Å²) < 4.78 is 2.72. The van der Waals surface area contributed by atoms with Gasteiger partial charge in [-0.1, -0.05) is 11.8 Å². The second kappa shape index (κ2) is 5.35. The Hall–Kier alpha value is -1.71. The van der Waals surface area contributed by atoms with E-state index in [1.165, 1.54) is 0 Å². The number of nitrogens with one attached hydrogen (secondary N) is 1. The van der Waals surface area contributed by atoms with Crippen LogP contribution in [0.5, 0.6) is 0 Å². The minimum absolute atomic E-state index is 0.592. The van der Waals surface area contributed by atoms with Crippen molar-refractivity contribution in [2.24, 2.45) is 12.9 Å². The van der Waals surface area contributed by atoms with E-state index in [4.69, 9.17) is 5.84 Å². The highest BCUT2D eigenvalue weighted by atomic mass is 32.2. The minimum atomic E-state index is 0.592. The van der Waals surface area contributed by atoms with Crippen molar-refractivity contribution in [3.05, 3.63) is 23.1 Å². The van der Waals surface area contributed by atoms with Crippen molar-refractivity contribution in [2.45, 2.75) is 17.0 Å². The predicted octanol–water partition coefficient (Wildman–Crippen LogP) is 1.71. The summed E-state index contributed by atoms with van der Waals surface area (Å²) in [4.78, 5) is 13.3. The maximum absolute atomic E-state index is 5.51. The Morgan fingerprint density at radius 2 is 2.25 bits per heavy atom. The van der Waals surface area contributed by atoms with E-state index in [-0.39, 0.29) is 0 Å². The molecule has 0 amide bonds. The zero-order chi connectivity index (χ0) is 14.1. The monoisotopic (exact) mass is 307 g/mol.